The molecule has 2 saturated heterocycles. The van der Waals surface area contributed by atoms with Crippen LogP contribution in [-0.4, -0.2) is 50.1 Å². The summed E-state index contributed by atoms with van der Waals surface area (Å²) in [5.74, 6) is 7.84. The van der Waals surface area contributed by atoms with Crippen molar-refractivity contribution in [1.29, 1.82) is 0 Å². The Kier molecular flexibility index (Phi) is 32.4. The molecule has 2 heterocycles. The lowest BCUT2D eigenvalue weighted by Gasteiger charge is -2.44. The molecule has 12 atom stereocenters. The Balaban J connectivity index is 0.000000355. The number of carbonyl (C=O) groups excluding carboxylic acids is 3. The topological polar surface area (TPSA) is 89.9 Å². The average molecular weight is 1090 g/mol. The molecule has 6 aliphatic carbocycles. The Morgan fingerprint density at radius 2 is 0.833 bits per heavy atom. The third-order valence-electron chi connectivity index (χ3n) is 21.3. The van der Waals surface area contributed by atoms with E-state index in [0.29, 0.717) is 44.2 Å². The first kappa shape index (κ1) is 72.5. The predicted octanol–water partition coefficient (Wildman–Crippen LogP) is 20.6. The molecule has 456 valence electrons. The van der Waals surface area contributed by atoms with Crippen LogP contribution in [0.15, 0.2) is 23.3 Å². The van der Waals surface area contributed by atoms with Gasteiger partial charge in [-0.3, -0.25) is 4.79 Å². The molecule has 78 heavy (non-hydrogen) atoms. The van der Waals surface area contributed by atoms with Crippen molar-refractivity contribution in [2.75, 3.05) is 33.0 Å². The van der Waals surface area contributed by atoms with Crippen molar-refractivity contribution in [2.24, 2.45) is 85.8 Å². The van der Waals surface area contributed by atoms with Crippen LogP contribution in [0.5, 0.6) is 0 Å². The number of aliphatic hydroxyl groups is 1. The smallest absolute Gasteiger partial charge is 0.373 e. The summed E-state index contributed by atoms with van der Waals surface area (Å²) in [6.45, 7) is 42.9. The second-order valence-electron chi connectivity index (χ2n) is 30.9. The zero-order valence-electron chi connectivity index (χ0n) is 53.9. The number of Topliss-reactive ketones (excluding diaryl/α,β-unsaturated/α-hetero) is 1. The highest BCUT2D eigenvalue weighted by Gasteiger charge is 2.53. The van der Waals surface area contributed by atoms with Crippen LogP contribution in [0, 0.1) is 85.8 Å². The maximum Gasteiger partial charge on any atom is 0.373 e. The average Bonchev–Trinajstić information content (AvgIpc) is 4.21. The fourth-order valence-corrected chi connectivity index (χ4v) is 17.3. The molecule has 0 aromatic rings. The molecule has 8 aliphatic rings. The molecule has 0 aromatic carbocycles. The molecule has 6 heteroatoms. The molecule has 0 radical (unpaired) electrons. The van der Waals surface area contributed by atoms with E-state index in [9.17, 15) is 9.90 Å². The maximum atomic E-state index is 12.2. The summed E-state index contributed by atoms with van der Waals surface area (Å²) in [4.78, 5) is 28.4. The Hall–Kier alpha value is -1.59. The molecule has 0 aromatic heterocycles. The number of ketones is 1. The third kappa shape index (κ3) is 23.2. The number of hydrogen-bond acceptors (Lipinski definition) is 6. The van der Waals surface area contributed by atoms with Gasteiger partial charge in [-0.2, -0.15) is 9.59 Å². The maximum absolute atomic E-state index is 12.2. The van der Waals surface area contributed by atoms with Crippen LogP contribution in [0.1, 0.15) is 304 Å². The van der Waals surface area contributed by atoms with Crippen molar-refractivity contribution in [1.82, 2.24) is 0 Å². The highest BCUT2D eigenvalue weighted by Crippen LogP contribution is 2.62. The van der Waals surface area contributed by atoms with E-state index >= 15 is 0 Å². The van der Waals surface area contributed by atoms with Gasteiger partial charge in [-0.1, -0.05) is 180 Å². The summed E-state index contributed by atoms with van der Waals surface area (Å²) >= 11 is 0. The minimum absolute atomic E-state index is 0. The van der Waals surface area contributed by atoms with E-state index in [4.69, 9.17) is 19.1 Å². The van der Waals surface area contributed by atoms with Gasteiger partial charge >= 0.3 is 6.15 Å². The number of hydrogen-bond donors (Lipinski definition) is 1. The van der Waals surface area contributed by atoms with E-state index < -0.39 is 0 Å². The number of allylic oxidation sites excluding steroid dienone is 3. The molecule has 0 bridgehead atoms. The van der Waals surface area contributed by atoms with Crippen LogP contribution in [0.2, 0.25) is 0 Å². The summed E-state index contributed by atoms with van der Waals surface area (Å²) in [5.41, 5.74) is 6.27. The largest absolute Gasteiger partial charge is 0.392 e. The van der Waals surface area contributed by atoms with Crippen LogP contribution in [0.25, 0.3) is 0 Å². The Morgan fingerprint density at radius 3 is 1.13 bits per heavy atom. The quantitative estimate of drug-likeness (QED) is 0.174. The van der Waals surface area contributed by atoms with Gasteiger partial charge in [-0.05, 0) is 221 Å². The second-order valence-corrected chi connectivity index (χ2v) is 30.9. The Labute approximate surface area is 485 Å². The highest BCUT2D eigenvalue weighted by molar-refractivity contribution is 5.83. The Bertz CT molecular complexity index is 1640. The summed E-state index contributed by atoms with van der Waals surface area (Å²) < 4.78 is 9.89. The molecular weight excluding hydrogens is 961 g/mol. The van der Waals surface area contributed by atoms with Gasteiger partial charge in [0.25, 0.3) is 0 Å². The number of ether oxygens (including phenoxy) is 2. The van der Waals surface area contributed by atoms with Gasteiger partial charge in [0.15, 0.2) is 0 Å². The van der Waals surface area contributed by atoms with Crippen molar-refractivity contribution in [3.63, 3.8) is 0 Å². The molecule has 0 unspecified atom stereocenters. The van der Waals surface area contributed by atoms with Crippen LogP contribution < -0.4 is 0 Å². The lowest BCUT2D eigenvalue weighted by Crippen LogP contribution is -2.39. The molecular formula is C72H132O6. The van der Waals surface area contributed by atoms with Gasteiger partial charge in [0.2, 0.25) is 0 Å². The van der Waals surface area contributed by atoms with Crippen LogP contribution in [-0.2, 0) is 23.9 Å². The van der Waals surface area contributed by atoms with Gasteiger partial charge in [0.1, 0.15) is 5.78 Å². The van der Waals surface area contributed by atoms with E-state index in [1.54, 1.807) is 5.57 Å². The van der Waals surface area contributed by atoms with Gasteiger partial charge in [0.05, 0.1) is 6.61 Å². The van der Waals surface area contributed by atoms with E-state index in [1.807, 2.05) is 5.57 Å². The van der Waals surface area contributed by atoms with Crippen molar-refractivity contribution < 1.29 is 29.0 Å². The van der Waals surface area contributed by atoms with Gasteiger partial charge in [-0.25, -0.2) is 0 Å². The number of carbonyl (C=O) groups is 1. The van der Waals surface area contributed by atoms with Gasteiger partial charge in [-0.15, -0.1) is 0 Å². The SMILES string of the molecule is C.C1CCOC1.C1CCOC1.CC/C=C1\CCC[C@]2(C)[C@@H]([C@H](C)CCCC(C)(C)C)CC[C@@H]12.C[C@H](CCCC(C)(C)C)[C@H]1CC[C@H]2/C(=C/CO)CCC[C@]12C.C[C@H](CCCC(C)(C)C)[C@H]1CC[C@H]2C(=O)CCC[C@]12C.O=C=O. The zero-order valence-corrected chi connectivity index (χ0v) is 53.9. The standard InChI is InChI=1S/C22H40.C21H38O.C19H34O.2C4H8O.CO2.CH4/c1-7-10-18-12-9-16-22(6)19(13-14-20(18)22)17(2)11-8-15-21(3,4)5;1-16(8-6-13-20(2,3)4)18-10-11-19-17(12-15-22)9-7-14-21(18,19)5;1-14(8-6-12-18(2,3)4)15-10-11-16-17(20)9-7-13-19(15,16)5;2*1-2-4-5-3-1;2-1-3;/h10,17,19-20H,7-9,11-16H2,1-6H3;12,16,18-19,22H,6-11,13-15H2,1-5H3;14-16H,6-13H2,1-5H3;2*1-4H2;;1H4/b18-10+;17-12+;;;;;/t17-,19-,20+,22-;16-,18-,19+,21-;14-,15-,16+,19-;;;;/m111..../s1. The number of fused-ring (bicyclic) bond motifs is 3. The molecule has 6 saturated carbocycles. The van der Waals surface area contributed by atoms with Gasteiger partial charge < -0.3 is 14.6 Å². The summed E-state index contributed by atoms with van der Waals surface area (Å²) in [7, 11) is 0. The number of aliphatic hydroxyl groups excluding tert-OH is 1. The van der Waals surface area contributed by atoms with Crippen molar-refractivity contribution in [3.05, 3.63) is 23.3 Å². The molecule has 0 spiro atoms. The lowest BCUT2D eigenvalue weighted by atomic mass is 9.60. The molecule has 6 nitrogen and oxygen atoms in total. The van der Waals surface area contributed by atoms with Crippen LogP contribution >= 0.6 is 0 Å². The van der Waals surface area contributed by atoms with E-state index in [-0.39, 0.29) is 20.2 Å². The van der Waals surface area contributed by atoms with Crippen molar-refractivity contribution >= 4 is 11.9 Å². The first-order chi connectivity index (χ1) is 36.2. The molecule has 8 fully saturated rings. The molecule has 1 N–H and O–H groups in total. The highest BCUT2D eigenvalue weighted by atomic mass is 16.5. The minimum atomic E-state index is 0. The Morgan fingerprint density at radius 1 is 0.526 bits per heavy atom. The summed E-state index contributed by atoms with van der Waals surface area (Å²) in [6, 6.07) is 0. The lowest BCUT2D eigenvalue weighted by molar-refractivity contribution is -0.191. The fraction of sp³-hybridized carbons (Fsp3) is 0.917. The van der Waals surface area contributed by atoms with Crippen molar-refractivity contribution in [3.8, 4) is 0 Å². The first-order valence-corrected chi connectivity index (χ1v) is 32.9. The van der Waals surface area contributed by atoms with Crippen molar-refractivity contribution in [2.45, 2.75) is 304 Å². The van der Waals surface area contributed by atoms with E-state index in [2.05, 4.69) is 123 Å². The van der Waals surface area contributed by atoms with Crippen LogP contribution in [0.4, 0.5) is 0 Å². The minimum Gasteiger partial charge on any atom is -0.392 e. The zero-order chi connectivity index (χ0) is 57.5. The van der Waals surface area contributed by atoms with Gasteiger partial charge in [0, 0.05) is 38.8 Å². The molecule has 8 rings (SSSR count). The summed E-state index contributed by atoms with van der Waals surface area (Å²) in [6.07, 6.45) is 43.3. The predicted molar refractivity (Wildman–Crippen MR) is 332 cm³/mol. The molecule has 0 amide bonds. The third-order valence-corrected chi connectivity index (χ3v) is 21.3. The second kappa shape index (κ2) is 34.9. The number of rotatable bonds is 14. The summed E-state index contributed by atoms with van der Waals surface area (Å²) in [5, 5.41) is 9.31. The van der Waals surface area contributed by atoms with E-state index in [0.717, 1.165) is 86.6 Å². The van der Waals surface area contributed by atoms with E-state index in [1.165, 1.54) is 173 Å². The normalized spacial score (nSPS) is 32.5. The fourth-order valence-electron chi connectivity index (χ4n) is 17.3. The monoisotopic (exact) mass is 1090 g/mol. The first-order valence-electron chi connectivity index (χ1n) is 32.9. The molecule has 2 aliphatic heterocycles. The van der Waals surface area contributed by atoms with Crippen LogP contribution in [0.3, 0.4) is 0 Å².